The molecule has 1 aliphatic carbocycles. The zero-order chi connectivity index (χ0) is 15.5. The molecule has 21 heavy (non-hydrogen) atoms. The van der Waals surface area contributed by atoms with E-state index in [4.69, 9.17) is 0 Å². The van der Waals surface area contributed by atoms with Gasteiger partial charge < -0.3 is 10.4 Å². The van der Waals surface area contributed by atoms with Crippen LogP contribution in [0.5, 0.6) is 0 Å². The predicted molar refractivity (Wildman–Crippen MR) is 82.1 cm³/mol. The number of nitrogens with zero attached hydrogens (tertiary/aromatic N) is 2. The van der Waals surface area contributed by atoms with Crippen LogP contribution in [0.15, 0.2) is 6.07 Å². The summed E-state index contributed by atoms with van der Waals surface area (Å²) in [7, 11) is 1.79. The zero-order valence-electron chi connectivity index (χ0n) is 13.4. The molecule has 2 rings (SSSR count). The molecular formula is C16H27N3O2. The molecule has 0 bridgehead atoms. The van der Waals surface area contributed by atoms with Crippen molar-refractivity contribution in [3.8, 4) is 0 Å². The van der Waals surface area contributed by atoms with Gasteiger partial charge in [0.2, 0.25) is 0 Å². The molecule has 118 valence electrons. The molecule has 1 saturated carbocycles. The Kier molecular flexibility index (Phi) is 5.04. The highest BCUT2D eigenvalue weighted by Gasteiger charge is 2.29. The Hall–Kier alpha value is -1.36. The highest BCUT2D eigenvalue weighted by Crippen LogP contribution is 2.27. The number of aromatic nitrogens is 2. The minimum Gasteiger partial charge on any atom is -0.388 e. The molecule has 1 aromatic rings. The molecule has 0 saturated heterocycles. The number of hydrogen-bond acceptors (Lipinski definition) is 3. The molecule has 1 heterocycles. The van der Waals surface area contributed by atoms with Crippen LogP contribution in [0.1, 0.15) is 62.1 Å². The lowest BCUT2D eigenvalue weighted by atomic mass is 9.85. The summed E-state index contributed by atoms with van der Waals surface area (Å²) in [4.78, 5) is 12.3. The molecule has 1 aromatic heterocycles. The summed E-state index contributed by atoms with van der Waals surface area (Å²) >= 11 is 0. The Balaban J connectivity index is 1.95. The zero-order valence-corrected chi connectivity index (χ0v) is 13.4. The second kappa shape index (κ2) is 6.60. The third-order valence-electron chi connectivity index (χ3n) is 4.14. The van der Waals surface area contributed by atoms with E-state index >= 15 is 0 Å². The normalized spacial score (nSPS) is 18.0. The van der Waals surface area contributed by atoms with E-state index in [0.717, 1.165) is 37.8 Å². The fraction of sp³-hybridized carbons (Fsp3) is 0.750. The quantitative estimate of drug-likeness (QED) is 0.873. The maximum Gasteiger partial charge on any atom is 0.269 e. The third kappa shape index (κ3) is 4.30. The van der Waals surface area contributed by atoms with Crippen LogP contribution in [0.25, 0.3) is 0 Å². The van der Waals surface area contributed by atoms with E-state index in [1.165, 1.54) is 6.42 Å². The van der Waals surface area contributed by atoms with Crippen molar-refractivity contribution in [3.63, 3.8) is 0 Å². The number of aryl methyl sites for hydroxylation is 1. The number of amides is 1. The first kappa shape index (κ1) is 16.0. The van der Waals surface area contributed by atoms with E-state index in [1.807, 2.05) is 6.07 Å². The van der Waals surface area contributed by atoms with Crippen molar-refractivity contribution in [2.75, 3.05) is 6.54 Å². The van der Waals surface area contributed by atoms with Gasteiger partial charge in [-0.3, -0.25) is 9.48 Å². The van der Waals surface area contributed by atoms with Crippen LogP contribution in [0, 0.1) is 5.92 Å². The molecule has 1 fully saturated rings. The maximum atomic E-state index is 12.3. The Morgan fingerprint density at radius 2 is 2.10 bits per heavy atom. The SMILES string of the molecule is CC(C)Cc1cc(C(=O)NCC2(O)CCCCC2)n(C)n1. The highest BCUT2D eigenvalue weighted by molar-refractivity contribution is 5.92. The third-order valence-corrected chi connectivity index (χ3v) is 4.14. The second-order valence-corrected chi connectivity index (χ2v) is 6.71. The minimum atomic E-state index is -0.729. The van der Waals surface area contributed by atoms with Gasteiger partial charge in [0.15, 0.2) is 0 Å². The minimum absolute atomic E-state index is 0.154. The van der Waals surface area contributed by atoms with Gasteiger partial charge in [-0.25, -0.2) is 0 Å². The molecule has 0 unspecified atom stereocenters. The van der Waals surface area contributed by atoms with Gasteiger partial charge in [0.25, 0.3) is 5.91 Å². The number of carbonyl (C=O) groups is 1. The summed E-state index contributed by atoms with van der Waals surface area (Å²) in [6, 6.07) is 1.85. The van der Waals surface area contributed by atoms with Gasteiger partial charge in [-0.1, -0.05) is 33.1 Å². The van der Waals surface area contributed by atoms with Gasteiger partial charge >= 0.3 is 0 Å². The fourth-order valence-electron chi connectivity index (χ4n) is 2.98. The molecule has 0 radical (unpaired) electrons. The van der Waals surface area contributed by atoms with Crippen molar-refractivity contribution in [3.05, 3.63) is 17.5 Å². The van der Waals surface area contributed by atoms with Crippen LogP contribution in [-0.2, 0) is 13.5 Å². The van der Waals surface area contributed by atoms with Crippen molar-refractivity contribution in [2.24, 2.45) is 13.0 Å². The van der Waals surface area contributed by atoms with Gasteiger partial charge in [0, 0.05) is 13.6 Å². The van der Waals surface area contributed by atoms with Gasteiger partial charge in [-0.05, 0) is 31.2 Å². The number of rotatable bonds is 5. The van der Waals surface area contributed by atoms with Crippen molar-refractivity contribution >= 4 is 5.91 Å². The standard InChI is InChI=1S/C16H27N3O2/c1-12(2)9-13-10-14(19(3)18-13)15(20)17-11-16(21)7-5-4-6-8-16/h10,12,21H,4-9,11H2,1-3H3,(H,17,20). The van der Waals surface area contributed by atoms with Gasteiger partial charge in [-0.15, -0.1) is 0 Å². The molecule has 2 N–H and O–H groups in total. The van der Waals surface area contributed by atoms with E-state index in [1.54, 1.807) is 11.7 Å². The Morgan fingerprint density at radius 1 is 1.43 bits per heavy atom. The van der Waals surface area contributed by atoms with Crippen LogP contribution in [0.3, 0.4) is 0 Å². The second-order valence-electron chi connectivity index (χ2n) is 6.71. The number of nitrogens with one attached hydrogen (secondary N) is 1. The van der Waals surface area contributed by atoms with Crippen LogP contribution in [-0.4, -0.2) is 32.9 Å². The Morgan fingerprint density at radius 3 is 2.71 bits per heavy atom. The summed E-state index contributed by atoms with van der Waals surface area (Å²) < 4.78 is 1.62. The van der Waals surface area contributed by atoms with Crippen molar-refractivity contribution in [2.45, 2.75) is 58.0 Å². The van der Waals surface area contributed by atoms with E-state index in [9.17, 15) is 9.90 Å². The van der Waals surface area contributed by atoms with E-state index < -0.39 is 5.60 Å². The molecule has 0 atom stereocenters. The first-order chi connectivity index (χ1) is 9.89. The first-order valence-electron chi connectivity index (χ1n) is 7.93. The summed E-state index contributed by atoms with van der Waals surface area (Å²) in [6.07, 6.45) is 5.67. The van der Waals surface area contributed by atoms with Gasteiger partial charge in [-0.2, -0.15) is 5.10 Å². The van der Waals surface area contributed by atoms with Gasteiger partial charge in [0.05, 0.1) is 11.3 Å². The lowest BCUT2D eigenvalue weighted by Crippen LogP contribution is -2.44. The number of aliphatic hydroxyl groups is 1. The molecule has 5 nitrogen and oxygen atoms in total. The molecule has 1 amide bonds. The molecular weight excluding hydrogens is 266 g/mol. The van der Waals surface area contributed by atoms with Crippen LogP contribution in [0.4, 0.5) is 0 Å². The van der Waals surface area contributed by atoms with Crippen molar-refractivity contribution in [1.29, 1.82) is 0 Å². The van der Waals surface area contributed by atoms with Gasteiger partial charge in [0.1, 0.15) is 5.69 Å². The summed E-state index contributed by atoms with van der Waals surface area (Å²) in [5.41, 5.74) is 0.770. The van der Waals surface area contributed by atoms with Crippen LogP contribution < -0.4 is 5.32 Å². The van der Waals surface area contributed by atoms with Crippen LogP contribution in [0.2, 0.25) is 0 Å². The summed E-state index contributed by atoms with van der Waals surface area (Å²) in [6.45, 7) is 4.59. The van der Waals surface area contributed by atoms with E-state index in [2.05, 4.69) is 24.3 Å². The van der Waals surface area contributed by atoms with Crippen molar-refractivity contribution in [1.82, 2.24) is 15.1 Å². The smallest absolute Gasteiger partial charge is 0.269 e. The lowest BCUT2D eigenvalue weighted by molar-refractivity contribution is 0.00517. The van der Waals surface area contributed by atoms with E-state index in [0.29, 0.717) is 18.2 Å². The Labute approximate surface area is 126 Å². The average Bonchev–Trinajstić information content (AvgIpc) is 2.77. The molecule has 1 aliphatic rings. The Bertz CT molecular complexity index is 488. The topological polar surface area (TPSA) is 67.2 Å². The van der Waals surface area contributed by atoms with E-state index in [-0.39, 0.29) is 5.91 Å². The lowest BCUT2D eigenvalue weighted by Gasteiger charge is -2.32. The maximum absolute atomic E-state index is 12.3. The molecule has 0 aromatic carbocycles. The average molecular weight is 293 g/mol. The summed E-state index contributed by atoms with van der Waals surface area (Å²) in [5, 5.41) is 17.7. The summed E-state index contributed by atoms with van der Waals surface area (Å²) in [5.74, 6) is 0.359. The number of carbonyl (C=O) groups excluding carboxylic acids is 1. The van der Waals surface area contributed by atoms with Crippen LogP contribution >= 0.6 is 0 Å². The fourth-order valence-corrected chi connectivity index (χ4v) is 2.98. The molecule has 0 aliphatic heterocycles. The molecule has 0 spiro atoms. The van der Waals surface area contributed by atoms with Crippen molar-refractivity contribution < 1.29 is 9.90 Å². The monoisotopic (exact) mass is 293 g/mol. The highest BCUT2D eigenvalue weighted by atomic mass is 16.3. The number of hydrogen-bond donors (Lipinski definition) is 2. The largest absolute Gasteiger partial charge is 0.388 e. The molecule has 5 heteroatoms. The first-order valence-corrected chi connectivity index (χ1v) is 7.93. The predicted octanol–water partition coefficient (Wildman–Crippen LogP) is 2.04.